The fourth-order valence-electron chi connectivity index (χ4n) is 4.88. The van der Waals surface area contributed by atoms with E-state index in [-0.39, 0.29) is 17.2 Å². The lowest BCUT2D eigenvalue weighted by molar-refractivity contribution is -0.166. The Labute approximate surface area is 126 Å². The predicted molar refractivity (Wildman–Crippen MR) is 74.5 cm³/mol. The first-order chi connectivity index (χ1) is 9.36. The summed E-state index contributed by atoms with van der Waals surface area (Å²) in [6, 6.07) is 0. The Hall–Kier alpha value is -0.680. The molecule has 0 radical (unpaired) electrons. The summed E-state index contributed by atoms with van der Waals surface area (Å²) in [6.45, 7) is 2.34. The second-order valence-corrected chi connectivity index (χ2v) is 8.01. The van der Waals surface area contributed by atoms with Crippen molar-refractivity contribution in [2.75, 3.05) is 13.7 Å². The van der Waals surface area contributed by atoms with E-state index in [1.807, 2.05) is 13.0 Å². The normalized spacial score (nSPS) is 52.0. The number of hydrogen-bond donors (Lipinski definition) is 0. The lowest BCUT2D eigenvalue weighted by Crippen LogP contribution is -2.70. The van der Waals surface area contributed by atoms with Crippen LogP contribution in [0.4, 0.5) is 0 Å². The zero-order valence-corrected chi connectivity index (χ0v) is 13.2. The van der Waals surface area contributed by atoms with Crippen LogP contribution < -0.4 is 0 Å². The highest BCUT2D eigenvalue weighted by Gasteiger charge is 2.82. The van der Waals surface area contributed by atoms with Crippen molar-refractivity contribution in [3.63, 3.8) is 0 Å². The molecule has 0 unspecified atom stereocenters. The van der Waals surface area contributed by atoms with Gasteiger partial charge in [-0.05, 0) is 32.6 Å². The predicted octanol–water partition coefficient (Wildman–Crippen LogP) is 2.15. The number of hydrogen-bond acceptors (Lipinski definition) is 4. The molecule has 2 bridgehead atoms. The molecule has 5 heteroatoms. The molecule has 3 fully saturated rings. The van der Waals surface area contributed by atoms with Crippen LogP contribution >= 0.6 is 15.9 Å². The van der Waals surface area contributed by atoms with Crippen molar-refractivity contribution >= 4 is 27.7 Å². The average Bonchev–Trinajstić information content (AvgIpc) is 3.13. The van der Waals surface area contributed by atoms with E-state index in [1.165, 1.54) is 12.7 Å². The van der Waals surface area contributed by atoms with Crippen LogP contribution in [0.3, 0.4) is 0 Å². The van der Waals surface area contributed by atoms with Crippen LogP contribution in [0.2, 0.25) is 0 Å². The third-order valence-corrected chi connectivity index (χ3v) is 7.50. The Morgan fingerprint density at radius 2 is 2.20 bits per heavy atom. The summed E-state index contributed by atoms with van der Waals surface area (Å²) >= 11 is 3.60. The summed E-state index contributed by atoms with van der Waals surface area (Å²) in [7, 11) is 1.39. The highest BCUT2D eigenvalue weighted by atomic mass is 79.9. The number of Topliss-reactive ketones (excluding diaryl/α,β-unsaturated/α-hetero) is 1. The number of allylic oxidation sites excluding steroid dienone is 1. The van der Waals surface area contributed by atoms with Crippen molar-refractivity contribution in [1.29, 1.82) is 0 Å². The second kappa shape index (κ2) is 3.38. The molecule has 4 aliphatic carbocycles. The van der Waals surface area contributed by atoms with Gasteiger partial charge in [-0.25, -0.2) is 0 Å². The van der Waals surface area contributed by atoms with Crippen molar-refractivity contribution in [3.8, 4) is 0 Å². The third kappa shape index (κ3) is 1.05. The fraction of sp³-hybridized carbons (Fsp3) is 0.733. The largest absolute Gasteiger partial charge is 0.469 e. The molecule has 0 N–H and O–H groups in total. The zero-order valence-electron chi connectivity index (χ0n) is 11.6. The van der Waals surface area contributed by atoms with Gasteiger partial charge >= 0.3 is 5.97 Å². The van der Waals surface area contributed by atoms with E-state index < -0.39 is 15.3 Å². The Kier molecular flexibility index (Phi) is 2.20. The molecule has 5 rings (SSSR count). The van der Waals surface area contributed by atoms with Crippen molar-refractivity contribution in [2.24, 2.45) is 10.8 Å². The molecule has 5 aliphatic rings. The van der Waals surface area contributed by atoms with Crippen LogP contribution in [0.1, 0.15) is 32.6 Å². The number of ketones is 1. The van der Waals surface area contributed by atoms with Gasteiger partial charge in [0, 0.05) is 5.41 Å². The molecule has 108 valence electrons. The van der Waals surface area contributed by atoms with Crippen LogP contribution in [0.15, 0.2) is 11.6 Å². The number of epoxide rings is 1. The number of rotatable bonds is 1. The fourth-order valence-corrected chi connectivity index (χ4v) is 5.78. The van der Waals surface area contributed by atoms with Crippen molar-refractivity contribution in [1.82, 2.24) is 0 Å². The lowest BCUT2D eigenvalue weighted by Gasteiger charge is -2.58. The molecule has 1 saturated heterocycles. The van der Waals surface area contributed by atoms with Gasteiger partial charge in [-0.1, -0.05) is 27.6 Å². The van der Waals surface area contributed by atoms with E-state index in [1.54, 1.807) is 0 Å². The topological polar surface area (TPSA) is 55.9 Å². The van der Waals surface area contributed by atoms with Gasteiger partial charge < -0.3 is 9.47 Å². The number of esters is 1. The smallest absolute Gasteiger partial charge is 0.313 e. The number of carbonyl (C=O) groups excluding carboxylic acids is 2. The lowest BCUT2D eigenvalue weighted by atomic mass is 9.46. The van der Waals surface area contributed by atoms with Gasteiger partial charge in [-0.2, -0.15) is 0 Å². The summed E-state index contributed by atoms with van der Waals surface area (Å²) in [6.07, 6.45) is 5.62. The summed E-state index contributed by atoms with van der Waals surface area (Å²) in [5.74, 6) is -0.311. The molecular formula is C15H17BrO4. The van der Waals surface area contributed by atoms with E-state index in [0.717, 1.165) is 19.3 Å². The minimum atomic E-state index is -0.981. The van der Waals surface area contributed by atoms with Gasteiger partial charge in [0.05, 0.1) is 19.1 Å². The average molecular weight is 341 g/mol. The van der Waals surface area contributed by atoms with Gasteiger partial charge in [0.15, 0.2) is 11.4 Å². The number of alkyl halides is 1. The number of fused-ring (bicyclic) bond motifs is 1. The molecule has 0 aromatic heterocycles. The Bertz CT molecular complexity index is 578. The van der Waals surface area contributed by atoms with Gasteiger partial charge in [0.1, 0.15) is 4.32 Å². The molecule has 4 atom stereocenters. The minimum Gasteiger partial charge on any atom is -0.469 e. The second-order valence-electron chi connectivity index (χ2n) is 6.76. The maximum absolute atomic E-state index is 13.0. The SMILES string of the molecule is COC(=O)[C@]1(C)C[C@]23CCCC2=C[C@@]1(Br)C(=O)[C@@]31CO1. The Morgan fingerprint density at radius 1 is 1.50 bits per heavy atom. The number of halogens is 1. The number of carbonyl (C=O) groups is 2. The summed E-state index contributed by atoms with van der Waals surface area (Å²) in [5.41, 5.74) is -0.510. The van der Waals surface area contributed by atoms with Gasteiger partial charge in [-0.15, -0.1) is 0 Å². The van der Waals surface area contributed by atoms with Crippen LogP contribution in [-0.4, -0.2) is 35.4 Å². The number of ether oxygens (including phenoxy) is 2. The zero-order chi connectivity index (χ0) is 14.4. The molecule has 2 saturated carbocycles. The standard InChI is InChI=1S/C15H17BrO4/c1-12(11(18)19-2)7-13-5-3-4-9(13)6-14(12,16)10(17)15(13)8-20-15/h6H,3-5,7-8H2,1-2H3/t12-,13+,14+,15-/m0/s1. The molecular weight excluding hydrogens is 324 g/mol. The molecule has 4 nitrogen and oxygen atoms in total. The molecule has 0 aromatic carbocycles. The summed E-state index contributed by atoms with van der Waals surface area (Å²) in [4.78, 5) is 25.4. The van der Waals surface area contributed by atoms with E-state index >= 15 is 0 Å². The highest BCUT2D eigenvalue weighted by Crippen LogP contribution is 2.73. The van der Waals surface area contributed by atoms with E-state index in [0.29, 0.717) is 13.0 Å². The molecule has 2 spiro atoms. The molecule has 20 heavy (non-hydrogen) atoms. The maximum atomic E-state index is 13.0. The Morgan fingerprint density at radius 3 is 2.80 bits per heavy atom. The first-order valence-electron chi connectivity index (χ1n) is 7.05. The van der Waals surface area contributed by atoms with Gasteiger partial charge in [0.2, 0.25) is 0 Å². The molecule has 0 aromatic rings. The number of methoxy groups -OCH3 is 1. The highest BCUT2D eigenvalue weighted by molar-refractivity contribution is 9.10. The van der Waals surface area contributed by atoms with E-state index in [2.05, 4.69) is 15.9 Å². The quantitative estimate of drug-likeness (QED) is 0.317. The summed E-state index contributed by atoms with van der Waals surface area (Å²) in [5, 5.41) is 0. The first-order valence-corrected chi connectivity index (χ1v) is 7.84. The summed E-state index contributed by atoms with van der Waals surface area (Å²) < 4.78 is 9.71. The van der Waals surface area contributed by atoms with E-state index in [9.17, 15) is 9.59 Å². The van der Waals surface area contributed by atoms with E-state index in [4.69, 9.17) is 9.47 Å². The van der Waals surface area contributed by atoms with Crippen LogP contribution in [0.25, 0.3) is 0 Å². The Balaban J connectivity index is 1.97. The van der Waals surface area contributed by atoms with Crippen LogP contribution in [0, 0.1) is 10.8 Å². The van der Waals surface area contributed by atoms with Crippen molar-refractivity contribution < 1.29 is 19.1 Å². The molecule has 1 heterocycles. The monoisotopic (exact) mass is 340 g/mol. The van der Waals surface area contributed by atoms with Crippen molar-refractivity contribution in [2.45, 2.75) is 42.5 Å². The maximum Gasteiger partial charge on any atom is 0.313 e. The minimum absolute atomic E-state index is 0.00907. The first kappa shape index (κ1) is 13.0. The molecule has 0 amide bonds. The van der Waals surface area contributed by atoms with Gasteiger partial charge in [0.25, 0.3) is 0 Å². The third-order valence-electron chi connectivity index (χ3n) is 6.04. The van der Waals surface area contributed by atoms with Crippen molar-refractivity contribution in [3.05, 3.63) is 11.6 Å². The van der Waals surface area contributed by atoms with Crippen LogP contribution in [0.5, 0.6) is 0 Å². The van der Waals surface area contributed by atoms with Gasteiger partial charge in [-0.3, -0.25) is 9.59 Å². The van der Waals surface area contributed by atoms with Crippen LogP contribution in [-0.2, 0) is 19.1 Å². The molecule has 1 aliphatic heterocycles.